The van der Waals surface area contributed by atoms with E-state index < -0.39 is 12.1 Å². The lowest BCUT2D eigenvalue weighted by molar-refractivity contribution is -0.193. The van der Waals surface area contributed by atoms with E-state index in [1.807, 2.05) is 6.92 Å². The Morgan fingerprint density at radius 2 is 1.74 bits per heavy atom. The summed E-state index contributed by atoms with van der Waals surface area (Å²) in [6.45, 7) is 5.33. The van der Waals surface area contributed by atoms with E-state index in [1.54, 1.807) is 0 Å². The maximum Gasteiger partial charge on any atom is 0.303 e. The fourth-order valence-corrected chi connectivity index (χ4v) is 5.74. The van der Waals surface area contributed by atoms with Crippen molar-refractivity contribution in [2.24, 2.45) is 17.8 Å². The minimum atomic E-state index is -0.849. The maximum absolute atomic E-state index is 12.9. The van der Waals surface area contributed by atoms with Crippen molar-refractivity contribution >= 4 is 11.8 Å². The Morgan fingerprint density at radius 3 is 2.38 bits per heavy atom. The first kappa shape index (κ1) is 31.8. The molecule has 8 atom stereocenters. The van der Waals surface area contributed by atoms with Gasteiger partial charge in [0.25, 0.3) is 0 Å². The molecule has 0 bridgehead atoms. The van der Waals surface area contributed by atoms with Crippen molar-refractivity contribution in [3.63, 3.8) is 0 Å². The third-order valence-electron chi connectivity index (χ3n) is 8.05. The summed E-state index contributed by atoms with van der Waals surface area (Å²) in [6.07, 6.45) is 11.1. The summed E-state index contributed by atoms with van der Waals surface area (Å²) in [5.74, 6) is 5.02. The molecule has 1 saturated carbocycles. The molecule has 3 aliphatic rings. The molecule has 2 saturated heterocycles. The zero-order valence-corrected chi connectivity index (χ0v) is 23.7. The first-order valence-electron chi connectivity index (χ1n) is 14.9. The van der Waals surface area contributed by atoms with E-state index in [2.05, 4.69) is 30.9 Å². The monoisotopic (exact) mass is 548 g/mol. The van der Waals surface area contributed by atoms with Crippen molar-refractivity contribution in [3.8, 4) is 11.8 Å². The lowest BCUT2D eigenvalue weighted by atomic mass is 9.86. The molecule has 3 rings (SSSR count). The van der Waals surface area contributed by atoms with Gasteiger partial charge in [0.1, 0.15) is 5.78 Å². The van der Waals surface area contributed by atoms with Gasteiger partial charge < -0.3 is 29.2 Å². The van der Waals surface area contributed by atoms with Gasteiger partial charge >= 0.3 is 5.97 Å². The molecular weight excluding hydrogens is 500 g/mol. The van der Waals surface area contributed by atoms with Crippen molar-refractivity contribution < 1.29 is 38.7 Å². The fourth-order valence-electron chi connectivity index (χ4n) is 5.74. The Bertz CT molecular complexity index is 833. The summed E-state index contributed by atoms with van der Waals surface area (Å²) < 4.78 is 24.5. The van der Waals surface area contributed by atoms with E-state index >= 15 is 0 Å². The summed E-state index contributed by atoms with van der Waals surface area (Å²) >= 11 is 0. The van der Waals surface area contributed by atoms with Crippen LogP contribution >= 0.6 is 0 Å². The van der Waals surface area contributed by atoms with Crippen LogP contribution in [0.4, 0.5) is 0 Å². The number of aliphatic hydroxyl groups excluding tert-OH is 1. The van der Waals surface area contributed by atoms with Crippen LogP contribution in [0, 0.1) is 29.6 Å². The van der Waals surface area contributed by atoms with Crippen LogP contribution in [0.1, 0.15) is 97.3 Å². The molecule has 0 aromatic carbocycles. The third-order valence-corrected chi connectivity index (χ3v) is 8.05. The number of carboxylic acids is 1. The zero-order valence-electron chi connectivity index (χ0n) is 23.7. The van der Waals surface area contributed by atoms with Gasteiger partial charge in [-0.25, -0.2) is 0 Å². The van der Waals surface area contributed by atoms with Crippen LogP contribution in [0.25, 0.3) is 0 Å². The van der Waals surface area contributed by atoms with Crippen molar-refractivity contribution in [1.29, 1.82) is 0 Å². The molecule has 39 heavy (non-hydrogen) atoms. The Morgan fingerprint density at radius 1 is 1.05 bits per heavy atom. The van der Waals surface area contributed by atoms with E-state index in [9.17, 15) is 14.7 Å². The minimum Gasteiger partial charge on any atom is -0.481 e. The van der Waals surface area contributed by atoms with Crippen LogP contribution < -0.4 is 0 Å². The van der Waals surface area contributed by atoms with Crippen LogP contribution in [0.3, 0.4) is 0 Å². The average molecular weight is 549 g/mol. The smallest absolute Gasteiger partial charge is 0.303 e. The molecule has 0 aromatic heterocycles. The molecule has 0 radical (unpaired) electrons. The highest BCUT2D eigenvalue weighted by Crippen LogP contribution is 2.40. The molecule has 0 amide bonds. The van der Waals surface area contributed by atoms with Gasteiger partial charge in [0.05, 0.1) is 18.3 Å². The third kappa shape index (κ3) is 11.0. The quantitative estimate of drug-likeness (QED) is 0.167. The summed E-state index contributed by atoms with van der Waals surface area (Å²) in [7, 11) is 0. The summed E-state index contributed by atoms with van der Waals surface area (Å²) in [5, 5.41) is 19.9. The number of ether oxygens (including phenoxy) is 4. The first-order valence-corrected chi connectivity index (χ1v) is 14.9. The minimum absolute atomic E-state index is 0.0485. The Hall–Kier alpha value is -1.76. The number of hydrogen-bond donors (Lipinski definition) is 2. The molecule has 0 spiro atoms. The second-order valence-corrected chi connectivity index (χ2v) is 11.2. The van der Waals surface area contributed by atoms with Crippen LogP contribution in [-0.2, 0) is 28.5 Å². The molecule has 2 N–H and O–H groups in total. The summed E-state index contributed by atoms with van der Waals surface area (Å²) in [6, 6.07) is 0. The number of aliphatic carboxylic acids is 1. The molecule has 0 aromatic rings. The molecule has 8 nitrogen and oxygen atoms in total. The highest BCUT2D eigenvalue weighted by Gasteiger charge is 2.44. The Kier molecular flexibility index (Phi) is 14.0. The van der Waals surface area contributed by atoms with Gasteiger partial charge in [-0.3, -0.25) is 9.59 Å². The number of hydrogen-bond acceptors (Lipinski definition) is 7. The van der Waals surface area contributed by atoms with Gasteiger partial charge in [-0.15, -0.1) is 11.8 Å². The number of aliphatic hydroxyl groups is 1. The normalized spacial score (nSPS) is 30.9. The molecule has 220 valence electrons. The SMILES string of the molecule is CC#CCC(C)[C@@H](C=C[C@@H]1[C@@H](CC(=O)CCCCC(=O)O)[C@@H](O)C[C@H]1OC1CCCCO1)OC1CCCCO1. The predicted molar refractivity (Wildman–Crippen MR) is 147 cm³/mol. The Balaban J connectivity index is 1.73. The number of Topliss-reactive ketones (excluding diaryl/α,β-unsaturated/α-hetero) is 1. The van der Waals surface area contributed by atoms with Gasteiger partial charge in [0.2, 0.25) is 0 Å². The van der Waals surface area contributed by atoms with Crippen LogP contribution in [0.5, 0.6) is 0 Å². The molecule has 8 heteroatoms. The summed E-state index contributed by atoms with van der Waals surface area (Å²) in [4.78, 5) is 23.6. The fraction of sp³-hybridized carbons (Fsp3) is 0.806. The van der Waals surface area contributed by atoms with E-state index in [0.717, 1.165) is 38.5 Å². The number of unbranched alkanes of at least 4 members (excludes halogenated alkanes) is 1. The predicted octanol–water partition coefficient (Wildman–Crippen LogP) is 5.02. The van der Waals surface area contributed by atoms with Crippen LogP contribution in [0.15, 0.2) is 12.2 Å². The van der Waals surface area contributed by atoms with Gasteiger partial charge in [-0.2, -0.15) is 0 Å². The first-order chi connectivity index (χ1) is 18.9. The molecule has 3 fully saturated rings. The second-order valence-electron chi connectivity index (χ2n) is 11.2. The largest absolute Gasteiger partial charge is 0.481 e. The molecule has 3 unspecified atom stereocenters. The van der Waals surface area contributed by atoms with Gasteiger partial charge in [0, 0.05) is 57.2 Å². The molecule has 2 aliphatic heterocycles. The van der Waals surface area contributed by atoms with Crippen LogP contribution in [0.2, 0.25) is 0 Å². The van der Waals surface area contributed by atoms with Crippen LogP contribution in [-0.4, -0.2) is 66.1 Å². The number of carboxylic acid groups (broad SMARTS) is 1. The van der Waals surface area contributed by atoms with Gasteiger partial charge in [-0.05, 0) is 64.2 Å². The molecule has 1 aliphatic carbocycles. The van der Waals surface area contributed by atoms with Crippen molar-refractivity contribution in [1.82, 2.24) is 0 Å². The van der Waals surface area contributed by atoms with Gasteiger partial charge in [-0.1, -0.05) is 19.1 Å². The lowest BCUT2D eigenvalue weighted by Crippen LogP contribution is -2.32. The lowest BCUT2D eigenvalue weighted by Gasteiger charge is -2.31. The molecule has 2 heterocycles. The number of ketones is 1. The van der Waals surface area contributed by atoms with E-state index in [1.165, 1.54) is 0 Å². The highest BCUT2D eigenvalue weighted by molar-refractivity contribution is 5.78. The number of carbonyl (C=O) groups is 2. The molecular formula is C31H48O8. The van der Waals surface area contributed by atoms with Crippen molar-refractivity contribution in [3.05, 3.63) is 12.2 Å². The van der Waals surface area contributed by atoms with Crippen molar-refractivity contribution in [2.45, 2.75) is 128 Å². The Labute approximate surface area is 233 Å². The highest BCUT2D eigenvalue weighted by atomic mass is 16.7. The summed E-state index contributed by atoms with van der Waals surface area (Å²) in [5.41, 5.74) is 0. The maximum atomic E-state index is 12.9. The number of rotatable bonds is 15. The number of carbonyl (C=O) groups excluding carboxylic acids is 1. The standard InChI is InChI=1S/C31H48O8/c1-3-4-11-22(2)27(38-30-14-7-9-18-36-30)17-16-24-25(20-23(32)12-5-6-13-29(34)35)26(33)21-28(24)39-31-15-8-10-19-37-31/h16-17,22,24-28,30-31,33H,5-15,18-21H2,1-2H3,(H,34,35)/t22?,24-,25-,26+,27-,28-,30?,31?/m1/s1. The van der Waals surface area contributed by atoms with E-state index in [0.29, 0.717) is 45.3 Å². The second kappa shape index (κ2) is 17.1. The van der Waals surface area contributed by atoms with E-state index in [4.69, 9.17) is 24.1 Å². The van der Waals surface area contributed by atoms with Gasteiger partial charge in [0.15, 0.2) is 12.6 Å². The van der Waals surface area contributed by atoms with E-state index in [-0.39, 0.29) is 61.2 Å². The topological polar surface area (TPSA) is 112 Å². The van der Waals surface area contributed by atoms with Crippen molar-refractivity contribution in [2.75, 3.05) is 13.2 Å². The average Bonchev–Trinajstić information content (AvgIpc) is 3.21. The zero-order chi connectivity index (χ0) is 28.0.